The molecular weight excluding hydrogens is 413 g/mol. The van der Waals surface area contributed by atoms with Gasteiger partial charge in [0.05, 0.1) is 12.3 Å². The van der Waals surface area contributed by atoms with Crippen LogP contribution in [0, 0.1) is 6.92 Å². The fourth-order valence-electron chi connectivity index (χ4n) is 3.15. The van der Waals surface area contributed by atoms with Crippen LogP contribution in [0.2, 0.25) is 0 Å². The highest BCUT2D eigenvalue weighted by molar-refractivity contribution is 7.46. The van der Waals surface area contributed by atoms with Gasteiger partial charge in [-0.3, -0.25) is 19.6 Å². The summed E-state index contributed by atoms with van der Waals surface area (Å²) >= 11 is 0. The number of aromatic nitrogens is 2. The van der Waals surface area contributed by atoms with E-state index in [0.29, 0.717) is 5.69 Å². The van der Waals surface area contributed by atoms with E-state index >= 15 is 0 Å². The predicted octanol–water partition coefficient (Wildman–Crippen LogP) is 1.97. The smallest absolute Gasteiger partial charge is 0.469 e. The van der Waals surface area contributed by atoms with Crippen molar-refractivity contribution in [3.63, 3.8) is 0 Å². The Hall–Kier alpha value is -2.75. The van der Waals surface area contributed by atoms with Gasteiger partial charge in [0.1, 0.15) is 11.8 Å². The van der Waals surface area contributed by atoms with Gasteiger partial charge in [-0.2, -0.15) is 0 Å². The number of phosphoric acid groups is 1. The van der Waals surface area contributed by atoms with Crippen molar-refractivity contribution in [2.45, 2.75) is 32.5 Å². The number of para-hydroxylation sites is 1. The van der Waals surface area contributed by atoms with Gasteiger partial charge in [-0.05, 0) is 18.6 Å². The van der Waals surface area contributed by atoms with E-state index in [1.54, 1.807) is 13.1 Å². The van der Waals surface area contributed by atoms with Gasteiger partial charge >= 0.3 is 13.8 Å². The number of phosphoric ester groups is 1. The topological polar surface area (TPSA) is 165 Å². The van der Waals surface area contributed by atoms with Crippen molar-refractivity contribution in [3.05, 3.63) is 59.0 Å². The number of H-pyrrole nitrogens is 1. The standard InChI is InChI=1S/C19H22N3O7P/c1-11-18(23)15(13(8-20-11)10-29-30(26,27)28)9-22-17(19(24)25)6-12-7-21-16-5-3-2-4-14(12)16/h2-5,7-8,17,21-23H,6,9-10H2,1H3,(H,24,25)(H2,26,27,28)/t17-/m1/s1. The summed E-state index contributed by atoms with van der Waals surface area (Å²) in [7, 11) is -4.72. The number of fused-ring (bicyclic) bond motifs is 1. The van der Waals surface area contributed by atoms with Crippen LogP contribution in [0.4, 0.5) is 0 Å². The number of hydrogen-bond donors (Lipinski definition) is 6. The molecule has 10 nitrogen and oxygen atoms in total. The minimum Gasteiger partial charge on any atom is -0.506 e. The monoisotopic (exact) mass is 435 g/mol. The molecule has 0 saturated heterocycles. The number of pyridine rings is 1. The molecule has 30 heavy (non-hydrogen) atoms. The summed E-state index contributed by atoms with van der Waals surface area (Å²) in [6.07, 6.45) is 3.28. The lowest BCUT2D eigenvalue weighted by atomic mass is 10.0. The molecule has 0 fully saturated rings. The van der Waals surface area contributed by atoms with Crippen molar-refractivity contribution >= 4 is 24.7 Å². The SMILES string of the molecule is Cc1ncc(COP(=O)(O)O)c(CN[C@H](Cc2c[nH]c3ccccc23)C(=O)O)c1O. The third kappa shape index (κ3) is 5.24. The molecule has 0 saturated carbocycles. The predicted molar refractivity (Wildman–Crippen MR) is 108 cm³/mol. The van der Waals surface area contributed by atoms with E-state index in [0.717, 1.165) is 16.5 Å². The maximum absolute atomic E-state index is 11.8. The molecule has 3 aromatic rings. The van der Waals surface area contributed by atoms with E-state index in [1.165, 1.54) is 6.20 Å². The van der Waals surface area contributed by atoms with Crippen molar-refractivity contribution < 1.29 is 33.9 Å². The van der Waals surface area contributed by atoms with Gasteiger partial charge in [0.2, 0.25) is 0 Å². The Kier molecular flexibility index (Phi) is 6.55. The maximum Gasteiger partial charge on any atom is 0.469 e. The molecule has 6 N–H and O–H groups in total. The van der Waals surface area contributed by atoms with Crippen LogP contribution < -0.4 is 5.32 Å². The fraction of sp³-hybridized carbons (Fsp3) is 0.263. The molecule has 0 radical (unpaired) electrons. The molecule has 0 bridgehead atoms. The van der Waals surface area contributed by atoms with Crippen molar-refractivity contribution in [1.82, 2.24) is 15.3 Å². The average molecular weight is 435 g/mol. The first-order valence-electron chi connectivity index (χ1n) is 9.03. The first-order chi connectivity index (χ1) is 14.2. The Morgan fingerprint density at radius 1 is 1.30 bits per heavy atom. The zero-order valence-electron chi connectivity index (χ0n) is 16.1. The number of aromatic amines is 1. The van der Waals surface area contributed by atoms with Gasteiger partial charge in [0.15, 0.2) is 0 Å². The molecule has 0 aliphatic carbocycles. The van der Waals surface area contributed by atoms with Crippen molar-refractivity contribution in [3.8, 4) is 5.75 Å². The number of carboxylic acids is 1. The van der Waals surface area contributed by atoms with E-state index in [9.17, 15) is 19.6 Å². The third-order valence-electron chi connectivity index (χ3n) is 4.74. The molecule has 1 atom stereocenters. The van der Waals surface area contributed by atoms with Gasteiger partial charge in [-0.25, -0.2) is 4.57 Å². The molecule has 0 unspecified atom stereocenters. The van der Waals surface area contributed by atoms with Gasteiger partial charge in [-0.15, -0.1) is 0 Å². The van der Waals surface area contributed by atoms with E-state index < -0.39 is 26.4 Å². The lowest BCUT2D eigenvalue weighted by Gasteiger charge is -2.18. The summed E-state index contributed by atoms with van der Waals surface area (Å²) in [4.78, 5) is 36.7. The van der Waals surface area contributed by atoms with E-state index in [4.69, 9.17) is 9.79 Å². The lowest BCUT2D eigenvalue weighted by molar-refractivity contribution is -0.139. The van der Waals surface area contributed by atoms with Crippen molar-refractivity contribution in [2.75, 3.05) is 0 Å². The van der Waals surface area contributed by atoms with Crippen LogP contribution in [0.1, 0.15) is 22.4 Å². The number of nitrogens with zero attached hydrogens (tertiary/aromatic N) is 1. The van der Waals surface area contributed by atoms with Gasteiger partial charge in [-0.1, -0.05) is 18.2 Å². The number of benzene rings is 1. The Morgan fingerprint density at radius 2 is 2.03 bits per heavy atom. The van der Waals surface area contributed by atoms with Crippen LogP contribution in [0.25, 0.3) is 10.9 Å². The largest absolute Gasteiger partial charge is 0.506 e. The van der Waals surface area contributed by atoms with E-state index in [1.807, 2.05) is 24.3 Å². The van der Waals surface area contributed by atoms with Gasteiger partial charge < -0.3 is 25.0 Å². The third-order valence-corrected chi connectivity index (χ3v) is 5.21. The van der Waals surface area contributed by atoms with E-state index in [2.05, 4.69) is 19.8 Å². The molecule has 2 heterocycles. The quantitative estimate of drug-likeness (QED) is 0.276. The van der Waals surface area contributed by atoms with Crippen LogP contribution in [0.5, 0.6) is 5.75 Å². The van der Waals surface area contributed by atoms with Gasteiger partial charge in [0.25, 0.3) is 0 Å². The zero-order valence-corrected chi connectivity index (χ0v) is 17.0. The van der Waals surface area contributed by atoms with Crippen LogP contribution in [0.15, 0.2) is 36.7 Å². The normalized spacial score (nSPS) is 12.9. The molecule has 0 amide bonds. The summed E-state index contributed by atoms with van der Waals surface area (Å²) < 4.78 is 15.5. The van der Waals surface area contributed by atoms with Crippen LogP contribution >= 0.6 is 7.82 Å². The molecule has 0 aliphatic rings. The Bertz CT molecular complexity index is 1110. The Morgan fingerprint density at radius 3 is 2.73 bits per heavy atom. The lowest BCUT2D eigenvalue weighted by Crippen LogP contribution is -2.38. The minimum absolute atomic E-state index is 0.0611. The number of hydrogen-bond acceptors (Lipinski definition) is 6. The average Bonchev–Trinajstić information content (AvgIpc) is 3.09. The summed E-state index contributed by atoms with van der Waals surface area (Å²) in [6, 6.07) is 6.58. The van der Waals surface area contributed by atoms with Crippen molar-refractivity contribution in [2.24, 2.45) is 0 Å². The first-order valence-corrected chi connectivity index (χ1v) is 10.6. The van der Waals surface area contributed by atoms with E-state index in [-0.39, 0.29) is 29.8 Å². The number of aromatic hydroxyl groups is 1. The number of carboxylic acid groups (broad SMARTS) is 1. The number of rotatable bonds is 9. The summed E-state index contributed by atoms with van der Waals surface area (Å²) in [5, 5.41) is 23.8. The highest BCUT2D eigenvalue weighted by atomic mass is 31.2. The zero-order chi connectivity index (χ0) is 21.9. The fourth-order valence-corrected chi connectivity index (χ4v) is 3.46. The molecule has 0 aliphatic heterocycles. The number of aryl methyl sites for hydroxylation is 1. The Balaban J connectivity index is 1.80. The highest BCUT2D eigenvalue weighted by Crippen LogP contribution is 2.38. The van der Waals surface area contributed by atoms with Gasteiger partial charge in [0, 0.05) is 47.4 Å². The molecule has 3 rings (SSSR count). The van der Waals surface area contributed by atoms with Crippen LogP contribution in [0.3, 0.4) is 0 Å². The van der Waals surface area contributed by atoms with Crippen LogP contribution in [-0.4, -0.2) is 42.0 Å². The molecule has 2 aromatic heterocycles. The number of aliphatic carboxylic acids is 1. The summed E-state index contributed by atoms with van der Waals surface area (Å²) in [5.74, 6) is -1.26. The second-order valence-corrected chi connectivity index (χ2v) is 8.03. The molecule has 1 aromatic carbocycles. The molecule has 11 heteroatoms. The second kappa shape index (κ2) is 8.95. The highest BCUT2D eigenvalue weighted by Gasteiger charge is 2.22. The summed E-state index contributed by atoms with van der Waals surface area (Å²) in [6.45, 7) is 1.02. The molecule has 0 spiro atoms. The van der Waals surface area contributed by atoms with Crippen molar-refractivity contribution in [1.29, 1.82) is 0 Å². The maximum atomic E-state index is 11.8. The Labute approximate surface area is 171 Å². The first kappa shape index (κ1) is 21.9. The van der Waals surface area contributed by atoms with Crippen LogP contribution in [-0.2, 0) is 33.5 Å². The number of carbonyl (C=O) groups is 1. The second-order valence-electron chi connectivity index (χ2n) is 6.80. The molecule has 160 valence electrons. The number of nitrogens with one attached hydrogen (secondary N) is 2. The minimum atomic E-state index is -4.72. The summed E-state index contributed by atoms with van der Waals surface area (Å²) in [5.41, 5.74) is 2.53. The molecular formula is C19H22N3O7P.